The van der Waals surface area contributed by atoms with E-state index in [0.717, 1.165) is 4.90 Å². The summed E-state index contributed by atoms with van der Waals surface area (Å²) in [6, 6.07) is 4.20. The number of benzene rings is 1. The summed E-state index contributed by atoms with van der Waals surface area (Å²) in [6.45, 7) is 0.661. The van der Waals surface area contributed by atoms with Crippen LogP contribution in [-0.4, -0.2) is 30.3 Å². The Hall–Kier alpha value is -1.63. The number of halogens is 4. The highest BCUT2D eigenvalue weighted by molar-refractivity contribution is 6.33. The quantitative estimate of drug-likeness (QED) is 0.389. The van der Waals surface area contributed by atoms with Crippen molar-refractivity contribution in [3.05, 3.63) is 28.8 Å². The molecule has 0 spiro atoms. The molecule has 0 heterocycles. The second kappa shape index (κ2) is 6.01. The minimum absolute atomic E-state index is 0.107. The molecule has 0 unspecified atom stereocenters. The standard InChI is InChI=1S/C11H13ClF3N3O/c1-2-18(6-11(13,14)15)9-4-3-7(5-8(9)12)10(16)17-19/h3-5,19H,2,6H2,1H3,(H2,16,17). The van der Waals surface area contributed by atoms with E-state index in [4.69, 9.17) is 22.5 Å². The Morgan fingerprint density at radius 1 is 1.47 bits per heavy atom. The maximum Gasteiger partial charge on any atom is 0.405 e. The van der Waals surface area contributed by atoms with Crippen molar-refractivity contribution in [3.63, 3.8) is 0 Å². The highest BCUT2D eigenvalue weighted by atomic mass is 35.5. The molecule has 0 saturated heterocycles. The van der Waals surface area contributed by atoms with Crippen LogP contribution in [0.25, 0.3) is 0 Å². The second-order valence-corrected chi connectivity index (χ2v) is 4.19. The highest BCUT2D eigenvalue weighted by Crippen LogP contribution is 2.29. The van der Waals surface area contributed by atoms with Gasteiger partial charge in [-0.2, -0.15) is 13.2 Å². The topological polar surface area (TPSA) is 61.8 Å². The van der Waals surface area contributed by atoms with Gasteiger partial charge < -0.3 is 15.8 Å². The summed E-state index contributed by atoms with van der Waals surface area (Å²) in [5.41, 5.74) is 5.95. The van der Waals surface area contributed by atoms with E-state index in [2.05, 4.69) is 5.16 Å². The molecule has 0 aromatic heterocycles. The molecule has 19 heavy (non-hydrogen) atoms. The number of oxime groups is 1. The van der Waals surface area contributed by atoms with Crippen molar-refractivity contribution in [1.82, 2.24) is 0 Å². The molecule has 0 amide bonds. The molecule has 4 nitrogen and oxygen atoms in total. The van der Waals surface area contributed by atoms with E-state index in [1.54, 1.807) is 6.92 Å². The van der Waals surface area contributed by atoms with Crippen molar-refractivity contribution >= 4 is 23.1 Å². The number of hydrogen-bond acceptors (Lipinski definition) is 3. The Kier molecular flexibility index (Phi) is 4.88. The molecular weight excluding hydrogens is 283 g/mol. The van der Waals surface area contributed by atoms with E-state index < -0.39 is 12.7 Å². The van der Waals surface area contributed by atoms with Crippen LogP contribution in [0, 0.1) is 0 Å². The molecule has 0 atom stereocenters. The molecule has 1 aromatic carbocycles. The number of rotatable bonds is 4. The van der Waals surface area contributed by atoms with Crippen LogP contribution in [0.2, 0.25) is 5.02 Å². The predicted octanol–water partition coefficient (Wildman–Crippen LogP) is 2.82. The van der Waals surface area contributed by atoms with Gasteiger partial charge in [-0.05, 0) is 25.1 Å². The third-order valence-corrected chi connectivity index (χ3v) is 2.75. The van der Waals surface area contributed by atoms with E-state index >= 15 is 0 Å². The summed E-state index contributed by atoms with van der Waals surface area (Å²) in [6.07, 6.45) is -4.32. The Morgan fingerprint density at radius 3 is 2.53 bits per heavy atom. The summed E-state index contributed by atoms with van der Waals surface area (Å²) >= 11 is 5.93. The zero-order valence-corrected chi connectivity index (χ0v) is 10.8. The van der Waals surface area contributed by atoms with E-state index in [1.807, 2.05) is 0 Å². The Bertz CT molecular complexity index is 477. The van der Waals surface area contributed by atoms with Crippen LogP contribution in [0.5, 0.6) is 0 Å². The molecule has 0 radical (unpaired) electrons. The van der Waals surface area contributed by atoms with E-state index in [0.29, 0.717) is 5.56 Å². The molecule has 0 aliphatic carbocycles. The van der Waals surface area contributed by atoms with Crippen LogP contribution in [0.3, 0.4) is 0 Å². The monoisotopic (exact) mass is 295 g/mol. The minimum Gasteiger partial charge on any atom is -0.409 e. The van der Waals surface area contributed by atoms with Gasteiger partial charge >= 0.3 is 6.18 Å². The van der Waals surface area contributed by atoms with Crippen LogP contribution in [0.4, 0.5) is 18.9 Å². The van der Waals surface area contributed by atoms with E-state index in [1.165, 1.54) is 18.2 Å². The number of nitrogens with zero attached hydrogens (tertiary/aromatic N) is 2. The van der Waals surface area contributed by atoms with Crippen LogP contribution >= 0.6 is 11.6 Å². The van der Waals surface area contributed by atoms with Crippen LogP contribution < -0.4 is 10.6 Å². The van der Waals surface area contributed by atoms with Crippen molar-refractivity contribution in [1.29, 1.82) is 0 Å². The third-order valence-electron chi connectivity index (χ3n) is 2.44. The average molecular weight is 296 g/mol. The molecule has 0 saturated carbocycles. The average Bonchev–Trinajstić information content (AvgIpc) is 2.34. The van der Waals surface area contributed by atoms with Gasteiger partial charge in [0, 0.05) is 12.1 Å². The van der Waals surface area contributed by atoms with Crippen molar-refractivity contribution < 1.29 is 18.4 Å². The number of amidine groups is 1. The maximum absolute atomic E-state index is 12.4. The lowest BCUT2D eigenvalue weighted by molar-refractivity contribution is -0.119. The van der Waals surface area contributed by atoms with Gasteiger partial charge in [0.1, 0.15) is 6.54 Å². The molecule has 106 valence electrons. The lowest BCUT2D eigenvalue weighted by atomic mass is 10.1. The van der Waals surface area contributed by atoms with Gasteiger partial charge in [0.15, 0.2) is 5.84 Å². The normalized spacial score (nSPS) is 12.6. The molecular formula is C11H13ClF3N3O. The van der Waals surface area contributed by atoms with Crippen molar-refractivity contribution in [3.8, 4) is 0 Å². The van der Waals surface area contributed by atoms with Gasteiger partial charge in [-0.25, -0.2) is 0 Å². The van der Waals surface area contributed by atoms with Gasteiger partial charge in [-0.1, -0.05) is 16.8 Å². The number of alkyl halides is 3. The van der Waals surface area contributed by atoms with Crippen molar-refractivity contribution in [2.75, 3.05) is 18.0 Å². The zero-order valence-electron chi connectivity index (χ0n) is 10.1. The second-order valence-electron chi connectivity index (χ2n) is 3.78. The Balaban J connectivity index is 3.07. The molecule has 3 N–H and O–H groups in total. The molecule has 0 bridgehead atoms. The first kappa shape index (κ1) is 15.4. The predicted molar refractivity (Wildman–Crippen MR) is 67.9 cm³/mol. The van der Waals surface area contributed by atoms with Crippen LogP contribution in [-0.2, 0) is 0 Å². The first-order valence-corrected chi connectivity index (χ1v) is 5.75. The molecule has 1 aromatic rings. The Labute approximate surface area is 113 Å². The summed E-state index contributed by atoms with van der Waals surface area (Å²) in [7, 11) is 0. The van der Waals surface area contributed by atoms with Crippen LogP contribution in [0.1, 0.15) is 12.5 Å². The van der Waals surface area contributed by atoms with Gasteiger partial charge in [-0.15, -0.1) is 0 Å². The SMILES string of the molecule is CCN(CC(F)(F)F)c1ccc(C(N)=NO)cc1Cl. The minimum atomic E-state index is -4.32. The van der Waals surface area contributed by atoms with Gasteiger partial charge in [0.25, 0.3) is 0 Å². The lowest BCUT2D eigenvalue weighted by Gasteiger charge is -2.25. The molecule has 0 aliphatic rings. The largest absolute Gasteiger partial charge is 0.409 e. The highest BCUT2D eigenvalue weighted by Gasteiger charge is 2.31. The number of anilines is 1. The molecule has 1 rings (SSSR count). The summed E-state index contributed by atoms with van der Waals surface area (Å²) in [5.74, 6) is -0.160. The maximum atomic E-state index is 12.4. The van der Waals surface area contributed by atoms with Crippen molar-refractivity contribution in [2.45, 2.75) is 13.1 Å². The third kappa shape index (κ3) is 4.20. The van der Waals surface area contributed by atoms with E-state index in [-0.39, 0.29) is 23.1 Å². The van der Waals surface area contributed by atoms with Gasteiger partial charge in [0.2, 0.25) is 0 Å². The number of hydrogen-bond donors (Lipinski definition) is 2. The summed E-state index contributed by atoms with van der Waals surface area (Å²) < 4.78 is 37.2. The zero-order chi connectivity index (χ0) is 14.6. The molecule has 8 heteroatoms. The lowest BCUT2D eigenvalue weighted by Crippen LogP contribution is -2.34. The van der Waals surface area contributed by atoms with E-state index in [9.17, 15) is 13.2 Å². The Morgan fingerprint density at radius 2 is 2.11 bits per heavy atom. The first-order valence-electron chi connectivity index (χ1n) is 5.37. The van der Waals surface area contributed by atoms with Gasteiger partial charge in [-0.3, -0.25) is 0 Å². The van der Waals surface area contributed by atoms with Crippen molar-refractivity contribution in [2.24, 2.45) is 10.9 Å². The fourth-order valence-corrected chi connectivity index (χ4v) is 1.86. The molecule has 0 aliphatic heterocycles. The summed E-state index contributed by atoms with van der Waals surface area (Å²) in [5, 5.41) is 11.4. The first-order chi connectivity index (χ1) is 8.78. The fraction of sp³-hybridized carbons (Fsp3) is 0.364. The van der Waals surface area contributed by atoms with Gasteiger partial charge in [0.05, 0.1) is 10.7 Å². The molecule has 0 fully saturated rings. The fourth-order valence-electron chi connectivity index (χ4n) is 1.56. The smallest absolute Gasteiger partial charge is 0.405 e. The number of nitrogens with two attached hydrogens (primary N) is 1. The summed E-state index contributed by atoms with van der Waals surface area (Å²) in [4.78, 5) is 1.10. The van der Waals surface area contributed by atoms with Crippen LogP contribution in [0.15, 0.2) is 23.4 Å².